The van der Waals surface area contributed by atoms with E-state index < -0.39 is 80.9 Å². The quantitative estimate of drug-likeness (QED) is 0.443. The fourth-order valence-corrected chi connectivity index (χ4v) is 2.86. The highest BCUT2D eigenvalue weighted by atomic mass is 19.4. The van der Waals surface area contributed by atoms with E-state index in [2.05, 4.69) is 0 Å². The predicted molar refractivity (Wildman–Crippen MR) is 79.0 cm³/mol. The minimum Gasteiger partial charge on any atom is -0.268 e. The molecule has 0 aliphatic carbocycles. The van der Waals surface area contributed by atoms with Crippen LogP contribution in [-0.2, 0) is 18.5 Å². The second-order valence-electron chi connectivity index (χ2n) is 5.90. The number of anilines is 1. The van der Waals surface area contributed by atoms with Gasteiger partial charge in [0, 0.05) is 0 Å². The Morgan fingerprint density at radius 1 is 0.621 bits per heavy atom. The monoisotopic (exact) mass is 427 g/mol. The first-order valence-corrected chi connectivity index (χ1v) is 7.51. The number of hydrogen-bond acceptors (Lipinski definition) is 2. The molecule has 1 aliphatic heterocycles. The van der Waals surface area contributed by atoms with Gasteiger partial charge in [0.25, 0.3) is 11.8 Å². The van der Waals surface area contributed by atoms with Gasteiger partial charge in [0.2, 0.25) is 0 Å². The van der Waals surface area contributed by atoms with Gasteiger partial charge in [-0.2, -0.15) is 39.5 Å². The minimum atomic E-state index is -5.73. The Morgan fingerprint density at radius 2 is 1.00 bits per heavy atom. The summed E-state index contributed by atoms with van der Waals surface area (Å²) >= 11 is 0. The maximum atomic E-state index is 13.4. The van der Waals surface area contributed by atoms with Crippen LogP contribution in [0.15, 0.2) is 36.4 Å². The molecule has 0 aromatic heterocycles. The van der Waals surface area contributed by atoms with Crippen LogP contribution in [0, 0.1) is 0 Å². The van der Waals surface area contributed by atoms with Gasteiger partial charge in [-0.3, -0.25) is 9.59 Å². The Morgan fingerprint density at radius 3 is 1.31 bits per heavy atom. The zero-order chi connectivity index (χ0) is 21.9. The van der Waals surface area contributed by atoms with E-state index >= 15 is 0 Å². The van der Waals surface area contributed by atoms with Crippen molar-refractivity contribution in [3.8, 4) is 0 Å². The van der Waals surface area contributed by atoms with Crippen LogP contribution < -0.4 is 4.90 Å². The third kappa shape index (κ3) is 3.42. The summed E-state index contributed by atoms with van der Waals surface area (Å²) in [6.45, 7) is 0. The van der Waals surface area contributed by atoms with Crippen molar-refractivity contribution < 1.29 is 49.1 Å². The third-order valence-electron chi connectivity index (χ3n) is 4.07. The number of rotatable bonds is 1. The highest BCUT2D eigenvalue weighted by molar-refractivity contribution is 6.35. The van der Waals surface area contributed by atoms with E-state index in [4.69, 9.17) is 0 Å². The number of amides is 2. The topological polar surface area (TPSA) is 37.4 Å². The fraction of sp³-hybridized carbons (Fsp3) is 0.176. The number of imide groups is 1. The minimum absolute atomic E-state index is 0.392. The maximum Gasteiger partial charge on any atom is 0.418 e. The molecule has 0 atom stereocenters. The lowest BCUT2D eigenvalue weighted by molar-refractivity contribution is -0.147. The molecule has 0 spiro atoms. The van der Waals surface area contributed by atoms with Crippen molar-refractivity contribution in [1.29, 1.82) is 0 Å². The van der Waals surface area contributed by atoms with Crippen molar-refractivity contribution in [2.45, 2.75) is 18.5 Å². The molecule has 2 amide bonds. The van der Waals surface area contributed by atoms with E-state index in [9.17, 15) is 49.1 Å². The first-order chi connectivity index (χ1) is 13.1. The highest BCUT2D eigenvalue weighted by Gasteiger charge is 2.50. The Hall–Kier alpha value is -3.05. The number of alkyl halides is 9. The number of benzene rings is 2. The normalized spacial score (nSPS) is 15.1. The van der Waals surface area contributed by atoms with Crippen LogP contribution in [0.4, 0.5) is 45.2 Å². The second kappa shape index (κ2) is 6.22. The Kier molecular flexibility index (Phi) is 4.44. The zero-order valence-corrected chi connectivity index (χ0v) is 13.6. The molecule has 1 heterocycles. The molecule has 29 heavy (non-hydrogen) atoms. The molecule has 3 rings (SSSR count). The molecule has 12 heteroatoms. The molecule has 3 nitrogen and oxygen atoms in total. The van der Waals surface area contributed by atoms with E-state index in [-0.39, 0.29) is 0 Å². The summed E-state index contributed by atoms with van der Waals surface area (Å²) in [6.07, 6.45) is -17.0. The van der Waals surface area contributed by atoms with Crippen molar-refractivity contribution in [1.82, 2.24) is 0 Å². The summed E-state index contributed by atoms with van der Waals surface area (Å²) in [5.74, 6) is -3.03. The second-order valence-corrected chi connectivity index (χ2v) is 5.90. The van der Waals surface area contributed by atoms with Crippen LogP contribution >= 0.6 is 0 Å². The van der Waals surface area contributed by atoms with E-state index in [1.807, 2.05) is 0 Å². The Labute approximate surface area is 155 Å². The van der Waals surface area contributed by atoms with Crippen LogP contribution in [0.1, 0.15) is 37.4 Å². The lowest BCUT2D eigenvalue weighted by Crippen LogP contribution is -2.34. The van der Waals surface area contributed by atoms with Crippen molar-refractivity contribution >= 4 is 17.5 Å². The zero-order valence-electron chi connectivity index (χ0n) is 13.6. The summed E-state index contributed by atoms with van der Waals surface area (Å²) in [5.41, 5.74) is -9.98. The van der Waals surface area contributed by atoms with Gasteiger partial charge in [-0.15, -0.1) is 0 Å². The molecule has 0 radical (unpaired) electrons. The molecule has 2 aromatic rings. The molecule has 0 saturated carbocycles. The lowest BCUT2D eigenvalue weighted by atomic mass is 9.99. The fourth-order valence-electron chi connectivity index (χ4n) is 2.86. The van der Waals surface area contributed by atoms with E-state index in [1.165, 1.54) is 12.1 Å². The molecule has 154 valence electrons. The molecule has 2 aromatic carbocycles. The largest absolute Gasteiger partial charge is 0.418 e. The van der Waals surface area contributed by atoms with E-state index in [0.717, 1.165) is 12.1 Å². The number of carbonyl (C=O) groups is 2. The van der Waals surface area contributed by atoms with Gasteiger partial charge < -0.3 is 0 Å². The number of carbonyl (C=O) groups excluding carboxylic acids is 2. The van der Waals surface area contributed by atoms with Gasteiger partial charge in [0.1, 0.15) is 0 Å². The van der Waals surface area contributed by atoms with Gasteiger partial charge in [0.05, 0.1) is 33.5 Å². The summed E-state index contributed by atoms with van der Waals surface area (Å²) in [7, 11) is 0. The maximum absolute atomic E-state index is 13.4. The average molecular weight is 427 g/mol. The van der Waals surface area contributed by atoms with Crippen LogP contribution in [0.25, 0.3) is 0 Å². The smallest absolute Gasteiger partial charge is 0.268 e. The van der Waals surface area contributed by atoms with Gasteiger partial charge in [-0.1, -0.05) is 12.1 Å². The van der Waals surface area contributed by atoms with Crippen molar-refractivity contribution in [2.75, 3.05) is 4.90 Å². The molecule has 0 N–H and O–H groups in total. The van der Waals surface area contributed by atoms with Gasteiger partial charge in [-0.05, 0) is 24.3 Å². The lowest BCUT2D eigenvalue weighted by Gasteiger charge is -2.25. The number of fused-ring (bicyclic) bond motifs is 1. The molecule has 0 unspecified atom stereocenters. The summed E-state index contributed by atoms with van der Waals surface area (Å²) in [6, 6.07) is 3.31. The van der Waals surface area contributed by atoms with Crippen LogP contribution in [-0.4, -0.2) is 11.8 Å². The number of hydrogen-bond donors (Lipinski definition) is 0. The Bertz CT molecular complexity index is 949. The molecule has 0 bridgehead atoms. The Balaban J connectivity index is 2.40. The van der Waals surface area contributed by atoms with Crippen molar-refractivity contribution in [2.24, 2.45) is 0 Å². The van der Waals surface area contributed by atoms with E-state index in [1.54, 1.807) is 0 Å². The molecular weight excluding hydrogens is 421 g/mol. The summed E-state index contributed by atoms with van der Waals surface area (Å²) in [4.78, 5) is 24.4. The number of nitrogens with zero attached hydrogens (tertiary/aromatic N) is 1. The summed E-state index contributed by atoms with van der Waals surface area (Å²) in [5, 5.41) is 0. The predicted octanol–water partition coefficient (Wildman–Crippen LogP) is 5.54. The standard InChI is InChI=1S/C17H6F9NO2/c18-15(19,20)7-5-10(16(21,22)23)12(11(6-7)17(24,25)26)27-13(28)8-3-1-2-4-9(8)14(27)29/h1-6H. The first-order valence-electron chi connectivity index (χ1n) is 7.51. The number of halogens is 9. The van der Waals surface area contributed by atoms with Crippen molar-refractivity contribution in [3.63, 3.8) is 0 Å². The third-order valence-corrected chi connectivity index (χ3v) is 4.07. The highest BCUT2D eigenvalue weighted by Crippen LogP contribution is 2.49. The van der Waals surface area contributed by atoms with Crippen LogP contribution in [0.2, 0.25) is 0 Å². The average Bonchev–Trinajstić information content (AvgIpc) is 2.83. The van der Waals surface area contributed by atoms with Crippen LogP contribution in [0.3, 0.4) is 0 Å². The molecule has 1 aliphatic rings. The molecule has 0 fully saturated rings. The summed E-state index contributed by atoms with van der Waals surface area (Å²) < 4.78 is 119. The first kappa shape index (κ1) is 20.7. The van der Waals surface area contributed by atoms with Crippen LogP contribution in [0.5, 0.6) is 0 Å². The van der Waals surface area contributed by atoms with Gasteiger partial charge >= 0.3 is 18.5 Å². The van der Waals surface area contributed by atoms with Gasteiger partial charge in [-0.25, -0.2) is 4.90 Å². The molecular formula is C17H6F9NO2. The van der Waals surface area contributed by atoms with Gasteiger partial charge in [0.15, 0.2) is 0 Å². The SMILES string of the molecule is O=C1c2ccccc2C(=O)N1c1c(C(F)(F)F)cc(C(F)(F)F)cc1C(F)(F)F. The van der Waals surface area contributed by atoms with E-state index in [0.29, 0.717) is 0 Å². The molecule has 0 saturated heterocycles. The van der Waals surface area contributed by atoms with Crippen molar-refractivity contribution in [3.05, 3.63) is 64.2 Å².